The van der Waals surface area contributed by atoms with Crippen LogP contribution in [0.4, 0.5) is 0 Å². The van der Waals surface area contributed by atoms with Gasteiger partial charge in [0.05, 0.1) is 12.2 Å². The molecule has 0 aromatic rings. The minimum Gasteiger partial charge on any atom is -0.189 e. The van der Waals surface area contributed by atoms with Gasteiger partial charge in [-0.1, -0.05) is 26.8 Å². The van der Waals surface area contributed by atoms with Gasteiger partial charge in [0.1, 0.15) is 0 Å². The lowest BCUT2D eigenvalue weighted by Crippen LogP contribution is -1.85. The Balaban J connectivity index is 0.000000371. The molecule has 0 bridgehead atoms. The minimum absolute atomic E-state index is 0.878. The number of hydrogen-bond acceptors (Lipinski definition) is 2. The Morgan fingerprint density at radius 2 is 2.20 bits per heavy atom. The van der Waals surface area contributed by atoms with E-state index in [2.05, 4.69) is 23.2 Å². The van der Waals surface area contributed by atoms with Gasteiger partial charge in [-0.3, -0.25) is 0 Å². The van der Waals surface area contributed by atoms with Crippen molar-refractivity contribution in [3.63, 3.8) is 0 Å². The molecule has 0 amide bonds. The lowest BCUT2D eigenvalue weighted by Gasteiger charge is -1.99. The third-order valence-corrected chi connectivity index (χ3v) is 1.17. The summed E-state index contributed by atoms with van der Waals surface area (Å²) >= 11 is 0. The molecule has 58 valence electrons. The second kappa shape index (κ2) is 6.46. The lowest BCUT2D eigenvalue weighted by molar-refractivity contribution is 0.825. The van der Waals surface area contributed by atoms with Crippen molar-refractivity contribution < 1.29 is 0 Å². The molecular formula is C8H16N2. The van der Waals surface area contributed by atoms with E-state index in [-0.39, 0.29) is 0 Å². The molecule has 2 heteroatoms. The van der Waals surface area contributed by atoms with Gasteiger partial charge in [-0.2, -0.15) is 10.2 Å². The molecule has 0 fully saturated rings. The summed E-state index contributed by atoms with van der Waals surface area (Å²) in [6.45, 7) is 6.97. The van der Waals surface area contributed by atoms with Crippen LogP contribution in [0.5, 0.6) is 0 Å². The van der Waals surface area contributed by atoms with E-state index in [1.165, 1.54) is 0 Å². The van der Waals surface area contributed by atoms with Crippen molar-refractivity contribution in [2.75, 3.05) is 6.54 Å². The Morgan fingerprint density at radius 1 is 1.50 bits per heavy atom. The number of hydrogen-bond donors (Lipinski definition) is 0. The van der Waals surface area contributed by atoms with Crippen LogP contribution in [0, 0.1) is 0 Å². The maximum Gasteiger partial charge on any atom is 0.0638 e. The molecule has 1 aliphatic rings. The van der Waals surface area contributed by atoms with E-state index in [1.807, 2.05) is 13.8 Å². The molecule has 0 radical (unpaired) electrons. The first-order chi connectivity index (χ1) is 4.93. The third kappa shape index (κ3) is 3.38. The van der Waals surface area contributed by atoms with Crippen LogP contribution >= 0.6 is 0 Å². The van der Waals surface area contributed by atoms with Gasteiger partial charge < -0.3 is 0 Å². The Kier molecular flexibility index (Phi) is 6.03. The summed E-state index contributed by atoms with van der Waals surface area (Å²) in [5, 5.41) is 7.82. The van der Waals surface area contributed by atoms with Crippen LogP contribution in [-0.2, 0) is 0 Å². The fourth-order valence-corrected chi connectivity index (χ4v) is 0.686. The largest absolute Gasteiger partial charge is 0.189 e. The quantitative estimate of drug-likeness (QED) is 0.534. The van der Waals surface area contributed by atoms with Crippen molar-refractivity contribution in [2.24, 2.45) is 10.2 Å². The van der Waals surface area contributed by atoms with E-state index in [0.717, 1.165) is 25.1 Å². The Labute approximate surface area is 63.1 Å². The van der Waals surface area contributed by atoms with Crippen molar-refractivity contribution in [1.29, 1.82) is 0 Å². The molecule has 0 atom stereocenters. The van der Waals surface area contributed by atoms with Crippen molar-refractivity contribution in [3.8, 4) is 0 Å². The summed E-state index contributed by atoms with van der Waals surface area (Å²) in [6, 6.07) is 0. The summed E-state index contributed by atoms with van der Waals surface area (Å²) < 4.78 is 0. The first kappa shape index (κ1) is 9.34. The lowest BCUT2D eigenvalue weighted by atomic mass is 10.2. The minimum atomic E-state index is 0.878. The number of allylic oxidation sites excluding steroid dienone is 1. The topological polar surface area (TPSA) is 24.7 Å². The summed E-state index contributed by atoms with van der Waals surface area (Å²) in [4.78, 5) is 0. The first-order valence-electron chi connectivity index (χ1n) is 4.00. The van der Waals surface area contributed by atoms with Crippen LogP contribution in [-0.4, -0.2) is 6.54 Å². The molecule has 0 N–H and O–H groups in total. The maximum absolute atomic E-state index is 3.93. The van der Waals surface area contributed by atoms with Gasteiger partial charge in [0.15, 0.2) is 0 Å². The third-order valence-electron chi connectivity index (χ3n) is 1.17. The predicted octanol–water partition coefficient (Wildman–Crippen LogP) is 3.16. The zero-order valence-electron chi connectivity index (χ0n) is 7.09. The van der Waals surface area contributed by atoms with Gasteiger partial charge in [-0.25, -0.2) is 0 Å². The highest BCUT2D eigenvalue weighted by atomic mass is 15.1. The van der Waals surface area contributed by atoms with Crippen molar-refractivity contribution >= 4 is 0 Å². The Hall–Kier alpha value is -0.660. The molecule has 10 heavy (non-hydrogen) atoms. The molecule has 0 aromatic heterocycles. The van der Waals surface area contributed by atoms with E-state index in [4.69, 9.17) is 0 Å². The van der Waals surface area contributed by atoms with Crippen LogP contribution in [0.2, 0.25) is 0 Å². The molecule has 0 saturated heterocycles. The zero-order chi connectivity index (χ0) is 7.82. The summed E-state index contributed by atoms with van der Waals surface area (Å²) in [5.41, 5.74) is 1.14. The SMILES string of the molecule is CC.CCC1=CCCN=N1. The summed E-state index contributed by atoms with van der Waals surface area (Å²) in [6.07, 6.45) is 4.24. The van der Waals surface area contributed by atoms with E-state index >= 15 is 0 Å². The highest BCUT2D eigenvalue weighted by molar-refractivity contribution is 5.00. The van der Waals surface area contributed by atoms with Gasteiger partial charge in [-0.15, -0.1) is 0 Å². The molecule has 0 unspecified atom stereocenters. The predicted molar refractivity (Wildman–Crippen MR) is 44.1 cm³/mol. The van der Waals surface area contributed by atoms with Crippen LogP contribution in [0.15, 0.2) is 22.0 Å². The molecule has 1 rings (SSSR count). The summed E-state index contributed by atoms with van der Waals surface area (Å²) in [5.74, 6) is 0. The summed E-state index contributed by atoms with van der Waals surface area (Å²) in [7, 11) is 0. The Bertz CT molecular complexity index is 125. The van der Waals surface area contributed by atoms with Crippen molar-refractivity contribution in [2.45, 2.75) is 33.6 Å². The second-order valence-electron chi connectivity index (χ2n) is 1.80. The normalized spacial score (nSPS) is 15.3. The van der Waals surface area contributed by atoms with Gasteiger partial charge in [0, 0.05) is 0 Å². The van der Waals surface area contributed by atoms with Gasteiger partial charge >= 0.3 is 0 Å². The molecule has 0 saturated carbocycles. The average Bonchev–Trinajstić information content (AvgIpc) is 2.10. The van der Waals surface area contributed by atoms with E-state index in [9.17, 15) is 0 Å². The van der Waals surface area contributed by atoms with Crippen molar-refractivity contribution in [1.82, 2.24) is 0 Å². The number of azo groups is 1. The molecule has 0 aliphatic carbocycles. The fraction of sp³-hybridized carbons (Fsp3) is 0.750. The highest BCUT2D eigenvalue weighted by Gasteiger charge is 1.93. The molecule has 0 aromatic carbocycles. The highest BCUT2D eigenvalue weighted by Crippen LogP contribution is 2.08. The van der Waals surface area contributed by atoms with Crippen LogP contribution in [0.3, 0.4) is 0 Å². The van der Waals surface area contributed by atoms with Gasteiger partial charge in [-0.05, 0) is 12.8 Å². The fourth-order valence-electron chi connectivity index (χ4n) is 0.686. The van der Waals surface area contributed by atoms with Gasteiger partial charge in [0.25, 0.3) is 0 Å². The number of nitrogens with zero attached hydrogens (tertiary/aromatic N) is 2. The Morgan fingerprint density at radius 3 is 2.50 bits per heavy atom. The smallest absolute Gasteiger partial charge is 0.0638 e. The van der Waals surface area contributed by atoms with E-state index in [1.54, 1.807) is 0 Å². The molecular weight excluding hydrogens is 124 g/mol. The molecule has 2 nitrogen and oxygen atoms in total. The second-order valence-corrected chi connectivity index (χ2v) is 1.80. The first-order valence-corrected chi connectivity index (χ1v) is 4.00. The van der Waals surface area contributed by atoms with Crippen molar-refractivity contribution in [3.05, 3.63) is 11.8 Å². The van der Waals surface area contributed by atoms with Gasteiger partial charge in [0.2, 0.25) is 0 Å². The molecule has 0 spiro atoms. The monoisotopic (exact) mass is 140 g/mol. The average molecular weight is 140 g/mol. The zero-order valence-corrected chi connectivity index (χ0v) is 7.09. The molecule has 1 heterocycles. The van der Waals surface area contributed by atoms with Crippen LogP contribution < -0.4 is 0 Å². The number of rotatable bonds is 1. The van der Waals surface area contributed by atoms with Crippen LogP contribution in [0.25, 0.3) is 0 Å². The standard InChI is InChI=1S/C6H10N2.C2H6/c1-2-6-4-3-5-7-8-6;1-2/h4H,2-3,5H2,1H3;1-2H3. The van der Waals surface area contributed by atoms with E-state index < -0.39 is 0 Å². The van der Waals surface area contributed by atoms with Crippen LogP contribution in [0.1, 0.15) is 33.6 Å². The molecule has 1 aliphatic heterocycles. The van der Waals surface area contributed by atoms with E-state index in [0.29, 0.717) is 0 Å². The maximum atomic E-state index is 3.93.